The van der Waals surface area contributed by atoms with Gasteiger partial charge >= 0.3 is 0 Å². The van der Waals surface area contributed by atoms with E-state index < -0.39 is 5.54 Å². The van der Waals surface area contributed by atoms with Crippen molar-refractivity contribution in [2.45, 2.75) is 56.9 Å². The summed E-state index contributed by atoms with van der Waals surface area (Å²) in [7, 11) is 0. The fourth-order valence-corrected chi connectivity index (χ4v) is 3.09. The van der Waals surface area contributed by atoms with Crippen molar-refractivity contribution in [3.8, 4) is 0 Å². The van der Waals surface area contributed by atoms with E-state index in [2.05, 4.69) is 40.5 Å². The topological polar surface area (TPSA) is 64.9 Å². The van der Waals surface area contributed by atoms with Crippen LogP contribution in [0.2, 0.25) is 0 Å². The van der Waals surface area contributed by atoms with Crippen LogP contribution in [0.4, 0.5) is 0 Å². The highest BCUT2D eigenvalue weighted by Crippen LogP contribution is 2.40. The van der Waals surface area contributed by atoms with Gasteiger partial charge in [-0.2, -0.15) is 4.98 Å². The van der Waals surface area contributed by atoms with Crippen LogP contribution in [0.1, 0.15) is 68.6 Å². The molecule has 0 amide bonds. The predicted molar refractivity (Wildman–Crippen MR) is 81.9 cm³/mol. The number of hydrogen-bond donors (Lipinski definition) is 1. The summed E-state index contributed by atoms with van der Waals surface area (Å²) in [5.74, 6) is 2.20. The van der Waals surface area contributed by atoms with Crippen LogP contribution in [0.25, 0.3) is 0 Å². The largest absolute Gasteiger partial charge is 0.339 e. The molecule has 0 aliphatic heterocycles. The molecule has 0 radical (unpaired) electrons. The molecule has 3 rings (SSSR count). The zero-order chi connectivity index (χ0) is 14.9. The minimum Gasteiger partial charge on any atom is -0.339 e. The molecule has 1 fully saturated rings. The quantitative estimate of drug-likeness (QED) is 0.933. The predicted octanol–water partition coefficient (Wildman–Crippen LogP) is 3.70. The molecule has 0 atom stereocenters. The molecule has 2 N–H and O–H groups in total. The lowest BCUT2D eigenvalue weighted by atomic mass is 9.74. The van der Waals surface area contributed by atoms with Crippen LogP contribution in [0, 0.1) is 0 Å². The maximum Gasteiger partial charge on any atom is 0.229 e. The third-order valence-electron chi connectivity index (χ3n) is 4.53. The monoisotopic (exact) mass is 285 g/mol. The lowest BCUT2D eigenvalue weighted by Crippen LogP contribution is -2.41. The molecule has 1 aromatic heterocycles. The maximum atomic E-state index is 6.55. The van der Waals surface area contributed by atoms with E-state index in [1.165, 1.54) is 5.56 Å². The van der Waals surface area contributed by atoms with Crippen molar-refractivity contribution in [1.82, 2.24) is 10.1 Å². The highest BCUT2D eigenvalue weighted by molar-refractivity contribution is 5.21. The van der Waals surface area contributed by atoms with Gasteiger partial charge in [-0.05, 0) is 37.2 Å². The van der Waals surface area contributed by atoms with E-state index in [9.17, 15) is 0 Å². The lowest BCUT2D eigenvalue weighted by molar-refractivity contribution is 0.253. The van der Waals surface area contributed by atoms with Crippen molar-refractivity contribution in [1.29, 1.82) is 0 Å². The van der Waals surface area contributed by atoms with Crippen molar-refractivity contribution in [2.24, 2.45) is 5.73 Å². The van der Waals surface area contributed by atoms with Gasteiger partial charge in [-0.1, -0.05) is 49.3 Å². The third-order valence-corrected chi connectivity index (χ3v) is 4.53. The second-order valence-corrected chi connectivity index (χ2v) is 6.45. The molecule has 4 heteroatoms. The Labute approximate surface area is 125 Å². The van der Waals surface area contributed by atoms with E-state index in [-0.39, 0.29) is 5.92 Å². The van der Waals surface area contributed by atoms with E-state index in [0.717, 1.165) is 25.7 Å². The molecule has 1 aliphatic rings. The maximum absolute atomic E-state index is 6.55. The van der Waals surface area contributed by atoms with Crippen LogP contribution in [0.15, 0.2) is 34.9 Å². The molecule has 0 spiro atoms. The summed E-state index contributed by atoms with van der Waals surface area (Å²) in [5.41, 5.74) is 7.53. The average Bonchev–Trinajstić information content (AvgIpc) is 3.00. The second-order valence-electron chi connectivity index (χ2n) is 6.45. The summed E-state index contributed by atoms with van der Waals surface area (Å²) in [6.45, 7) is 4.10. The zero-order valence-corrected chi connectivity index (χ0v) is 12.7. The van der Waals surface area contributed by atoms with Crippen molar-refractivity contribution in [3.05, 3.63) is 47.6 Å². The van der Waals surface area contributed by atoms with Crippen LogP contribution in [-0.2, 0) is 5.54 Å². The van der Waals surface area contributed by atoms with Gasteiger partial charge in [0.1, 0.15) is 0 Å². The van der Waals surface area contributed by atoms with Crippen LogP contribution in [0.3, 0.4) is 0 Å². The van der Waals surface area contributed by atoms with Crippen LogP contribution < -0.4 is 5.73 Å². The first-order chi connectivity index (χ1) is 10.1. The Morgan fingerprint density at radius 1 is 1.19 bits per heavy atom. The molecule has 4 nitrogen and oxygen atoms in total. The Balaban J connectivity index is 1.71. The van der Waals surface area contributed by atoms with Crippen molar-refractivity contribution < 1.29 is 4.52 Å². The third kappa shape index (κ3) is 2.86. The Hall–Kier alpha value is -1.68. The smallest absolute Gasteiger partial charge is 0.229 e. The number of hydrogen-bond acceptors (Lipinski definition) is 4. The Morgan fingerprint density at radius 2 is 1.86 bits per heavy atom. The summed E-state index contributed by atoms with van der Waals surface area (Å²) < 4.78 is 5.31. The molecule has 1 saturated carbocycles. The number of aromatic nitrogens is 2. The molecule has 21 heavy (non-hydrogen) atoms. The van der Waals surface area contributed by atoms with Gasteiger partial charge in [0.2, 0.25) is 5.89 Å². The summed E-state index contributed by atoms with van der Waals surface area (Å²) in [6, 6.07) is 10.7. The van der Waals surface area contributed by atoms with E-state index in [0.29, 0.717) is 17.6 Å². The first kappa shape index (κ1) is 14.3. The molecular formula is C17H23N3O. The van der Waals surface area contributed by atoms with E-state index in [1.807, 2.05) is 13.8 Å². The highest BCUT2D eigenvalue weighted by Gasteiger charge is 2.37. The van der Waals surface area contributed by atoms with Gasteiger partial charge in [-0.25, -0.2) is 0 Å². The van der Waals surface area contributed by atoms with Gasteiger partial charge in [-0.15, -0.1) is 0 Å². The molecule has 0 unspecified atom stereocenters. The van der Waals surface area contributed by atoms with E-state index in [1.54, 1.807) is 0 Å². The number of benzene rings is 1. The van der Waals surface area contributed by atoms with Gasteiger partial charge in [-0.3, -0.25) is 0 Å². The summed E-state index contributed by atoms with van der Waals surface area (Å²) >= 11 is 0. The minimum atomic E-state index is -0.429. The van der Waals surface area contributed by atoms with Gasteiger partial charge in [0.05, 0.1) is 5.54 Å². The van der Waals surface area contributed by atoms with Gasteiger partial charge < -0.3 is 10.3 Å². The summed E-state index contributed by atoms with van der Waals surface area (Å²) in [4.78, 5) is 4.50. The molecule has 0 bridgehead atoms. The van der Waals surface area contributed by atoms with Crippen molar-refractivity contribution >= 4 is 0 Å². The number of rotatable bonds is 3. The van der Waals surface area contributed by atoms with Crippen LogP contribution >= 0.6 is 0 Å². The summed E-state index contributed by atoms with van der Waals surface area (Å²) in [5, 5.41) is 4.12. The standard InChI is InChI=1S/C17H23N3O/c1-12(2)15-19-16(20-21-15)17(18)10-8-14(9-11-17)13-6-4-3-5-7-13/h3-7,12,14H,8-11,18H2,1-2H3. The second kappa shape index (κ2) is 5.60. The van der Waals surface area contributed by atoms with E-state index >= 15 is 0 Å². The van der Waals surface area contributed by atoms with Crippen molar-refractivity contribution in [2.75, 3.05) is 0 Å². The Bertz CT molecular complexity index is 583. The van der Waals surface area contributed by atoms with Crippen LogP contribution in [0.5, 0.6) is 0 Å². The average molecular weight is 285 g/mol. The highest BCUT2D eigenvalue weighted by atomic mass is 16.5. The normalized spacial score (nSPS) is 26.2. The van der Waals surface area contributed by atoms with Crippen LogP contribution in [-0.4, -0.2) is 10.1 Å². The van der Waals surface area contributed by atoms with Crippen molar-refractivity contribution in [3.63, 3.8) is 0 Å². The lowest BCUT2D eigenvalue weighted by Gasteiger charge is -2.34. The SMILES string of the molecule is CC(C)c1nc(C2(N)CCC(c3ccccc3)CC2)no1. The molecule has 2 aromatic rings. The number of nitrogens with zero attached hydrogens (tertiary/aromatic N) is 2. The minimum absolute atomic E-state index is 0.246. The first-order valence-corrected chi connectivity index (χ1v) is 7.76. The van der Waals surface area contributed by atoms with Gasteiger partial charge in [0.25, 0.3) is 0 Å². The molecular weight excluding hydrogens is 262 g/mol. The number of nitrogens with two attached hydrogens (primary N) is 1. The zero-order valence-electron chi connectivity index (χ0n) is 12.7. The molecule has 0 saturated heterocycles. The first-order valence-electron chi connectivity index (χ1n) is 7.76. The molecule has 1 heterocycles. The summed E-state index contributed by atoms with van der Waals surface area (Å²) in [6.07, 6.45) is 3.96. The molecule has 1 aliphatic carbocycles. The van der Waals surface area contributed by atoms with Gasteiger partial charge in [0, 0.05) is 5.92 Å². The fraction of sp³-hybridized carbons (Fsp3) is 0.529. The van der Waals surface area contributed by atoms with E-state index in [4.69, 9.17) is 10.3 Å². The molecule has 1 aromatic carbocycles. The Kier molecular flexibility index (Phi) is 3.81. The Morgan fingerprint density at radius 3 is 2.43 bits per heavy atom. The fourth-order valence-electron chi connectivity index (χ4n) is 3.09. The van der Waals surface area contributed by atoms with Gasteiger partial charge in [0.15, 0.2) is 5.82 Å². The molecule has 112 valence electrons.